The van der Waals surface area contributed by atoms with Gasteiger partial charge in [-0.25, -0.2) is 9.59 Å². The Balaban J connectivity index is 1.30. The second-order valence-electron chi connectivity index (χ2n) is 8.48. The Labute approximate surface area is 187 Å². The van der Waals surface area contributed by atoms with Crippen molar-refractivity contribution in [3.8, 4) is 11.1 Å². The van der Waals surface area contributed by atoms with Gasteiger partial charge in [0, 0.05) is 17.9 Å². The van der Waals surface area contributed by atoms with Crippen molar-refractivity contribution in [2.45, 2.75) is 50.6 Å². The maximum absolute atomic E-state index is 12.5. The molecule has 0 radical (unpaired) electrons. The number of carbonyl (C=O) groups excluding carboxylic acids is 2. The summed E-state index contributed by atoms with van der Waals surface area (Å²) in [6, 6.07) is 15.3. The molecule has 7 heteroatoms. The van der Waals surface area contributed by atoms with Crippen LogP contribution in [0.25, 0.3) is 11.1 Å². The van der Waals surface area contributed by atoms with E-state index in [0.29, 0.717) is 25.7 Å². The molecule has 2 amide bonds. The zero-order chi connectivity index (χ0) is 22.7. The van der Waals surface area contributed by atoms with Crippen molar-refractivity contribution in [1.82, 2.24) is 10.6 Å². The maximum atomic E-state index is 12.5. The molecule has 4 rings (SSSR count). The molecule has 0 aliphatic heterocycles. The SMILES string of the molecule is CC[C@H](NC(=O)[C@@H]1CC[C@H](NC(=O)OCC2c3ccccc3-c3ccccc32)C1)C(=O)O. The highest BCUT2D eigenvalue weighted by molar-refractivity contribution is 5.85. The Morgan fingerprint density at radius 1 is 1.03 bits per heavy atom. The Hall–Kier alpha value is -3.35. The topological polar surface area (TPSA) is 105 Å². The molecule has 168 valence electrons. The van der Waals surface area contributed by atoms with E-state index in [2.05, 4.69) is 34.9 Å². The summed E-state index contributed by atoms with van der Waals surface area (Å²) in [5.74, 6) is -1.61. The average molecular weight is 437 g/mol. The Morgan fingerprint density at radius 3 is 2.25 bits per heavy atom. The second kappa shape index (κ2) is 9.42. The Kier molecular flexibility index (Phi) is 6.44. The van der Waals surface area contributed by atoms with E-state index in [1.807, 2.05) is 24.3 Å². The molecule has 1 fully saturated rings. The van der Waals surface area contributed by atoms with Crippen LogP contribution in [0.15, 0.2) is 48.5 Å². The average Bonchev–Trinajstić information content (AvgIpc) is 3.38. The predicted molar refractivity (Wildman–Crippen MR) is 119 cm³/mol. The maximum Gasteiger partial charge on any atom is 0.407 e. The van der Waals surface area contributed by atoms with Crippen LogP contribution in [0.1, 0.15) is 49.7 Å². The summed E-state index contributed by atoms with van der Waals surface area (Å²) < 4.78 is 5.58. The largest absolute Gasteiger partial charge is 0.480 e. The summed E-state index contributed by atoms with van der Waals surface area (Å²) >= 11 is 0. The first kappa shape index (κ1) is 21.9. The molecule has 3 N–H and O–H groups in total. The molecular weight excluding hydrogens is 408 g/mol. The highest BCUT2D eigenvalue weighted by atomic mass is 16.5. The summed E-state index contributed by atoms with van der Waals surface area (Å²) in [6.07, 6.45) is 1.58. The van der Waals surface area contributed by atoms with Gasteiger partial charge in [-0.1, -0.05) is 55.5 Å². The van der Waals surface area contributed by atoms with Crippen LogP contribution in [0.5, 0.6) is 0 Å². The first-order valence-corrected chi connectivity index (χ1v) is 11.1. The number of hydrogen-bond donors (Lipinski definition) is 3. The predicted octanol–water partition coefficient (Wildman–Crippen LogP) is 3.67. The number of ether oxygens (including phenoxy) is 1. The van der Waals surface area contributed by atoms with Gasteiger partial charge in [-0.3, -0.25) is 4.79 Å². The molecule has 0 aromatic heterocycles. The van der Waals surface area contributed by atoms with Crippen molar-refractivity contribution in [3.05, 3.63) is 59.7 Å². The third-order valence-corrected chi connectivity index (χ3v) is 6.49. The van der Waals surface area contributed by atoms with Crippen molar-refractivity contribution < 1.29 is 24.2 Å². The minimum absolute atomic E-state index is 0.00255. The molecule has 0 unspecified atom stereocenters. The fourth-order valence-electron chi connectivity index (χ4n) is 4.79. The van der Waals surface area contributed by atoms with Gasteiger partial charge in [0.25, 0.3) is 0 Å². The number of carboxylic acids is 1. The van der Waals surface area contributed by atoms with Gasteiger partial charge in [-0.15, -0.1) is 0 Å². The van der Waals surface area contributed by atoms with E-state index in [-0.39, 0.29) is 30.4 Å². The number of rotatable bonds is 7. The van der Waals surface area contributed by atoms with Crippen LogP contribution in [0.2, 0.25) is 0 Å². The molecule has 0 heterocycles. The van der Waals surface area contributed by atoms with Crippen LogP contribution in [-0.2, 0) is 14.3 Å². The summed E-state index contributed by atoms with van der Waals surface area (Å²) in [6.45, 7) is 1.96. The van der Waals surface area contributed by atoms with E-state index in [1.165, 1.54) is 11.1 Å². The summed E-state index contributed by atoms with van der Waals surface area (Å²) in [5.41, 5.74) is 4.66. The van der Waals surface area contributed by atoms with Gasteiger partial charge < -0.3 is 20.5 Å². The number of aliphatic carboxylic acids is 1. The molecule has 2 aliphatic rings. The number of benzene rings is 2. The summed E-state index contributed by atoms with van der Waals surface area (Å²) in [7, 11) is 0. The van der Waals surface area contributed by atoms with Crippen LogP contribution in [0.3, 0.4) is 0 Å². The molecule has 2 aliphatic carbocycles. The van der Waals surface area contributed by atoms with Gasteiger partial charge in [0.05, 0.1) is 0 Å². The van der Waals surface area contributed by atoms with E-state index in [0.717, 1.165) is 11.1 Å². The number of amides is 2. The number of hydrogen-bond acceptors (Lipinski definition) is 4. The van der Waals surface area contributed by atoms with Crippen LogP contribution < -0.4 is 10.6 Å². The lowest BCUT2D eigenvalue weighted by atomic mass is 9.98. The zero-order valence-corrected chi connectivity index (χ0v) is 18.0. The van der Waals surface area contributed by atoms with Crippen molar-refractivity contribution in [2.75, 3.05) is 6.61 Å². The van der Waals surface area contributed by atoms with E-state index in [1.54, 1.807) is 6.92 Å². The van der Waals surface area contributed by atoms with E-state index < -0.39 is 18.1 Å². The van der Waals surface area contributed by atoms with E-state index >= 15 is 0 Å². The molecule has 0 saturated heterocycles. The lowest BCUT2D eigenvalue weighted by Crippen LogP contribution is -2.43. The van der Waals surface area contributed by atoms with Gasteiger partial charge in [-0.2, -0.15) is 0 Å². The highest BCUT2D eigenvalue weighted by Crippen LogP contribution is 2.44. The first-order chi connectivity index (χ1) is 15.5. The highest BCUT2D eigenvalue weighted by Gasteiger charge is 2.33. The van der Waals surface area contributed by atoms with Crippen molar-refractivity contribution in [3.63, 3.8) is 0 Å². The number of nitrogens with one attached hydrogen (secondary N) is 2. The molecule has 1 saturated carbocycles. The first-order valence-electron chi connectivity index (χ1n) is 11.1. The lowest BCUT2D eigenvalue weighted by molar-refractivity contribution is -0.142. The molecule has 2 aromatic carbocycles. The minimum Gasteiger partial charge on any atom is -0.480 e. The third kappa shape index (κ3) is 4.47. The van der Waals surface area contributed by atoms with Crippen LogP contribution in [-0.4, -0.2) is 41.8 Å². The quantitative estimate of drug-likeness (QED) is 0.614. The smallest absolute Gasteiger partial charge is 0.407 e. The lowest BCUT2D eigenvalue weighted by Gasteiger charge is -2.18. The number of alkyl carbamates (subject to hydrolysis) is 1. The fourth-order valence-corrected chi connectivity index (χ4v) is 4.79. The monoisotopic (exact) mass is 436 g/mol. The zero-order valence-electron chi connectivity index (χ0n) is 18.0. The van der Waals surface area contributed by atoms with Gasteiger partial charge in [0.2, 0.25) is 5.91 Å². The van der Waals surface area contributed by atoms with Crippen LogP contribution >= 0.6 is 0 Å². The Bertz CT molecular complexity index is 975. The van der Waals surface area contributed by atoms with Gasteiger partial charge in [-0.05, 0) is 47.9 Å². The van der Waals surface area contributed by atoms with Crippen LogP contribution in [0.4, 0.5) is 4.79 Å². The molecule has 3 atom stereocenters. The minimum atomic E-state index is -1.04. The van der Waals surface area contributed by atoms with Gasteiger partial charge >= 0.3 is 12.1 Å². The molecule has 0 bridgehead atoms. The summed E-state index contributed by atoms with van der Waals surface area (Å²) in [4.78, 5) is 36.0. The normalized spacial score (nSPS) is 20.2. The van der Waals surface area contributed by atoms with Crippen molar-refractivity contribution in [2.24, 2.45) is 5.92 Å². The Morgan fingerprint density at radius 2 is 1.66 bits per heavy atom. The second-order valence-corrected chi connectivity index (χ2v) is 8.48. The molecule has 0 spiro atoms. The summed E-state index contributed by atoms with van der Waals surface area (Å²) in [5, 5.41) is 14.6. The van der Waals surface area contributed by atoms with Crippen LogP contribution in [0, 0.1) is 5.92 Å². The number of fused-ring (bicyclic) bond motifs is 3. The van der Waals surface area contributed by atoms with E-state index in [4.69, 9.17) is 9.84 Å². The standard InChI is InChI=1S/C25H28N2O5/c1-2-22(24(29)30)27-23(28)15-11-12-16(13-15)26-25(31)32-14-21-19-9-5-3-7-17(19)18-8-4-6-10-20(18)21/h3-10,15-16,21-22H,2,11-14H2,1H3,(H,26,31)(H,27,28)(H,29,30)/t15-,16+,22+/m1/s1. The molecular formula is C25H28N2O5. The number of carboxylic acid groups (broad SMARTS) is 1. The van der Waals surface area contributed by atoms with Gasteiger partial charge in [0.1, 0.15) is 12.6 Å². The van der Waals surface area contributed by atoms with E-state index in [9.17, 15) is 14.4 Å². The third-order valence-electron chi connectivity index (χ3n) is 6.49. The van der Waals surface area contributed by atoms with Crippen molar-refractivity contribution >= 4 is 18.0 Å². The number of carbonyl (C=O) groups is 3. The van der Waals surface area contributed by atoms with Crippen molar-refractivity contribution in [1.29, 1.82) is 0 Å². The molecule has 2 aromatic rings. The molecule has 32 heavy (non-hydrogen) atoms. The van der Waals surface area contributed by atoms with Gasteiger partial charge in [0.15, 0.2) is 0 Å². The fraction of sp³-hybridized carbons (Fsp3) is 0.400. The molecule has 7 nitrogen and oxygen atoms in total.